The number of ether oxygens (including phenoxy) is 1. The smallest absolute Gasteiger partial charge is 0.321 e. The molecule has 3 aromatic carbocycles. The van der Waals surface area contributed by atoms with E-state index in [0.717, 1.165) is 23.2 Å². The first-order valence-corrected chi connectivity index (χ1v) is 11.3. The molecule has 0 spiro atoms. The normalized spacial score (nSPS) is 16.4. The number of piperidine rings is 1. The molecule has 1 fully saturated rings. The Morgan fingerprint density at radius 1 is 0.971 bits per heavy atom. The van der Waals surface area contributed by atoms with Crippen LogP contribution in [0.3, 0.4) is 0 Å². The molecule has 3 aromatic rings. The number of halogens is 1. The number of likely N-dealkylation sites (tertiary alicyclic amines) is 1. The Morgan fingerprint density at radius 3 is 2.26 bits per heavy atom. The van der Waals surface area contributed by atoms with Crippen molar-refractivity contribution in [1.82, 2.24) is 10.2 Å². The van der Waals surface area contributed by atoms with Gasteiger partial charge in [-0.3, -0.25) is 4.79 Å². The zero-order valence-electron chi connectivity index (χ0n) is 19.0. The minimum absolute atomic E-state index is 0.137. The summed E-state index contributed by atoms with van der Waals surface area (Å²) >= 11 is 0. The molecule has 2 atom stereocenters. The fourth-order valence-corrected chi connectivity index (χ4v) is 4.17. The van der Waals surface area contributed by atoms with Crippen molar-refractivity contribution in [2.24, 2.45) is 5.92 Å². The molecule has 0 aromatic heterocycles. The van der Waals surface area contributed by atoms with E-state index in [9.17, 15) is 14.0 Å². The maximum Gasteiger partial charge on any atom is 0.321 e. The third-order valence-corrected chi connectivity index (χ3v) is 6.04. The Kier molecular flexibility index (Phi) is 7.42. The van der Waals surface area contributed by atoms with E-state index in [1.54, 1.807) is 24.1 Å². The number of nitrogens with zero attached hydrogens (tertiary/aromatic N) is 1. The molecule has 4 rings (SSSR count). The van der Waals surface area contributed by atoms with Crippen molar-refractivity contribution in [1.29, 1.82) is 0 Å². The standard InChI is InChI=1S/C27H28FN3O3/c1-34-24-15-11-20(12-16-24)25(19-9-13-22(28)14-10-19)30-26(32)21-6-5-17-31(18-21)27(33)29-23-7-3-2-4-8-23/h2-4,7-16,21,25H,5-6,17-18H2,1H3,(H,29,33)(H,30,32). The van der Waals surface area contributed by atoms with Crippen LogP contribution in [-0.2, 0) is 4.79 Å². The van der Waals surface area contributed by atoms with Crippen LogP contribution in [-0.4, -0.2) is 37.0 Å². The third kappa shape index (κ3) is 5.73. The van der Waals surface area contributed by atoms with Gasteiger partial charge in [0.1, 0.15) is 11.6 Å². The number of amides is 3. The summed E-state index contributed by atoms with van der Waals surface area (Å²) in [6.45, 7) is 0.936. The quantitative estimate of drug-likeness (QED) is 0.544. The van der Waals surface area contributed by atoms with Crippen molar-refractivity contribution in [3.05, 3.63) is 95.8 Å². The summed E-state index contributed by atoms with van der Waals surface area (Å²) in [6, 6.07) is 22.1. The van der Waals surface area contributed by atoms with Crippen LogP contribution < -0.4 is 15.4 Å². The third-order valence-electron chi connectivity index (χ3n) is 6.04. The Balaban J connectivity index is 1.47. The maximum absolute atomic E-state index is 13.5. The van der Waals surface area contributed by atoms with E-state index >= 15 is 0 Å². The van der Waals surface area contributed by atoms with Gasteiger partial charge in [-0.05, 0) is 60.4 Å². The second kappa shape index (κ2) is 10.8. The molecule has 6 nitrogen and oxygen atoms in total. The van der Waals surface area contributed by atoms with E-state index in [-0.39, 0.29) is 23.7 Å². The zero-order chi connectivity index (χ0) is 23.9. The highest BCUT2D eigenvalue weighted by atomic mass is 19.1. The van der Waals surface area contributed by atoms with Crippen molar-refractivity contribution in [2.45, 2.75) is 18.9 Å². The van der Waals surface area contributed by atoms with Gasteiger partial charge in [0.25, 0.3) is 0 Å². The number of hydrogen-bond donors (Lipinski definition) is 2. The van der Waals surface area contributed by atoms with Gasteiger partial charge in [-0.2, -0.15) is 0 Å². The SMILES string of the molecule is COc1ccc(C(NC(=O)C2CCCN(C(=O)Nc3ccccc3)C2)c2ccc(F)cc2)cc1. The van der Waals surface area contributed by atoms with Gasteiger partial charge in [-0.1, -0.05) is 42.5 Å². The summed E-state index contributed by atoms with van der Waals surface area (Å²) in [5, 5.41) is 6.01. The van der Waals surface area contributed by atoms with Crippen LogP contribution >= 0.6 is 0 Å². The lowest BCUT2D eigenvalue weighted by Gasteiger charge is -2.33. The first-order chi connectivity index (χ1) is 16.5. The summed E-state index contributed by atoms with van der Waals surface area (Å²) in [7, 11) is 1.59. The molecule has 2 N–H and O–H groups in total. The number of carbonyl (C=O) groups is 2. The highest BCUT2D eigenvalue weighted by molar-refractivity contribution is 5.90. The molecule has 1 aliphatic heterocycles. The van der Waals surface area contributed by atoms with Gasteiger partial charge in [0, 0.05) is 18.8 Å². The van der Waals surface area contributed by atoms with Crippen molar-refractivity contribution in [3.8, 4) is 5.75 Å². The fourth-order valence-electron chi connectivity index (χ4n) is 4.17. The highest BCUT2D eigenvalue weighted by Gasteiger charge is 2.30. The molecule has 176 valence electrons. The molecule has 0 saturated carbocycles. The number of hydrogen-bond acceptors (Lipinski definition) is 3. The van der Waals surface area contributed by atoms with Crippen molar-refractivity contribution in [2.75, 3.05) is 25.5 Å². The summed E-state index contributed by atoms with van der Waals surface area (Å²) < 4.78 is 18.8. The number of methoxy groups -OCH3 is 1. The molecule has 3 amide bonds. The molecule has 34 heavy (non-hydrogen) atoms. The molecule has 0 bridgehead atoms. The topological polar surface area (TPSA) is 70.7 Å². The van der Waals surface area contributed by atoms with E-state index < -0.39 is 6.04 Å². The van der Waals surface area contributed by atoms with Crippen molar-refractivity contribution < 1.29 is 18.7 Å². The second-order valence-corrected chi connectivity index (χ2v) is 8.35. The predicted octanol–water partition coefficient (Wildman–Crippen LogP) is 4.98. The number of urea groups is 1. The predicted molar refractivity (Wildman–Crippen MR) is 129 cm³/mol. The lowest BCUT2D eigenvalue weighted by Crippen LogP contribution is -2.47. The minimum Gasteiger partial charge on any atom is -0.497 e. The Hall–Kier alpha value is -3.87. The molecule has 7 heteroatoms. The Labute approximate surface area is 198 Å². The van der Waals surface area contributed by atoms with Crippen LogP contribution in [0.1, 0.15) is 30.0 Å². The summed E-state index contributed by atoms with van der Waals surface area (Å²) in [5.74, 6) is -0.102. The zero-order valence-corrected chi connectivity index (χ0v) is 19.0. The van der Waals surface area contributed by atoms with E-state index in [4.69, 9.17) is 4.74 Å². The maximum atomic E-state index is 13.5. The van der Waals surface area contributed by atoms with E-state index in [0.29, 0.717) is 25.3 Å². The van der Waals surface area contributed by atoms with Gasteiger partial charge < -0.3 is 20.3 Å². The second-order valence-electron chi connectivity index (χ2n) is 8.35. The van der Waals surface area contributed by atoms with Crippen LogP contribution in [0.4, 0.5) is 14.9 Å². The highest BCUT2D eigenvalue weighted by Crippen LogP contribution is 2.26. The summed E-state index contributed by atoms with van der Waals surface area (Å²) in [5.41, 5.74) is 2.35. The van der Waals surface area contributed by atoms with Crippen molar-refractivity contribution in [3.63, 3.8) is 0 Å². The molecular formula is C27H28FN3O3. The number of nitrogens with one attached hydrogen (secondary N) is 2. The van der Waals surface area contributed by atoms with E-state index in [1.165, 1.54) is 12.1 Å². The van der Waals surface area contributed by atoms with Gasteiger partial charge in [-0.15, -0.1) is 0 Å². The van der Waals surface area contributed by atoms with Gasteiger partial charge in [-0.25, -0.2) is 9.18 Å². The van der Waals surface area contributed by atoms with Gasteiger partial charge in [0.15, 0.2) is 0 Å². The summed E-state index contributed by atoms with van der Waals surface area (Å²) in [4.78, 5) is 27.7. The number of para-hydroxylation sites is 1. The van der Waals surface area contributed by atoms with E-state index in [1.807, 2.05) is 54.6 Å². The molecular weight excluding hydrogens is 433 g/mol. The van der Waals surface area contributed by atoms with Crippen molar-refractivity contribution >= 4 is 17.6 Å². The molecule has 0 aliphatic carbocycles. The summed E-state index contributed by atoms with van der Waals surface area (Å²) in [6.07, 6.45) is 1.43. The first-order valence-electron chi connectivity index (χ1n) is 11.3. The first kappa shape index (κ1) is 23.3. The number of benzene rings is 3. The van der Waals surface area contributed by atoms with Crippen LogP contribution in [0.2, 0.25) is 0 Å². The largest absolute Gasteiger partial charge is 0.497 e. The average molecular weight is 462 g/mol. The number of carbonyl (C=O) groups excluding carboxylic acids is 2. The molecule has 1 heterocycles. The lowest BCUT2D eigenvalue weighted by atomic mass is 9.94. The van der Waals surface area contributed by atoms with Gasteiger partial charge in [0.05, 0.1) is 19.1 Å². The molecule has 1 aliphatic rings. The number of rotatable bonds is 6. The van der Waals surface area contributed by atoms with Gasteiger partial charge in [0.2, 0.25) is 5.91 Å². The molecule has 2 unspecified atom stereocenters. The minimum atomic E-state index is -0.451. The fraction of sp³-hybridized carbons (Fsp3) is 0.259. The molecule has 0 radical (unpaired) electrons. The van der Waals surface area contributed by atoms with E-state index in [2.05, 4.69) is 10.6 Å². The van der Waals surface area contributed by atoms with Crippen LogP contribution in [0.15, 0.2) is 78.9 Å². The van der Waals surface area contributed by atoms with Gasteiger partial charge >= 0.3 is 6.03 Å². The molecule has 1 saturated heterocycles. The lowest BCUT2D eigenvalue weighted by molar-refractivity contribution is -0.126. The monoisotopic (exact) mass is 461 g/mol. The number of anilines is 1. The Bertz CT molecular complexity index is 1100. The van der Waals surface area contributed by atoms with Crippen LogP contribution in [0.25, 0.3) is 0 Å². The average Bonchev–Trinajstić information content (AvgIpc) is 2.88. The van der Waals surface area contributed by atoms with Crippen LogP contribution in [0.5, 0.6) is 5.75 Å². The Morgan fingerprint density at radius 2 is 1.62 bits per heavy atom. The van der Waals surface area contributed by atoms with Crippen LogP contribution in [0, 0.1) is 11.7 Å².